The van der Waals surface area contributed by atoms with Gasteiger partial charge in [0.25, 0.3) is 0 Å². The van der Waals surface area contributed by atoms with Gasteiger partial charge < -0.3 is 10.6 Å². The highest BCUT2D eigenvalue weighted by molar-refractivity contribution is 5.26. The molecular formula is C13H21FN2. The summed E-state index contributed by atoms with van der Waals surface area (Å²) in [4.78, 5) is 0. The highest BCUT2D eigenvalue weighted by atomic mass is 19.1. The average Bonchev–Trinajstić information content (AvgIpc) is 2.20. The molecule has 0 spiro atoms. The lowest BCUT2D eigenvalue weighted by atomic mass is 10.1. The van der Waals surface area contributed by atoms with Gasteiger partial charge in [0.2, 0.25) is 0 Å². The van der Waals surface area contributed by atoms with E-state index in [4.69, 9.17) is 0 Å². The first-order chi connectivity index (χ1) is 7.59. The maximum absolute atomic E-state index is 12.8. The highest BCUT2D eigenvalue weighted by Gasteiger charge is 1.99. The Labute approximate surface area is 97.3 Å². The van der Waals surface area contributed by atoms with Gasteiger partial charge >= 0.3 is 0 Å². The lowest BCUT2D eigenvalue weighted by molar-refractivity contribution is 0.554. The third kappa shape index (κ3) is 4.73. The van der Waals surface area contributed by atoms with Crippen molar-refractivity contribution in [2.45, 2.75) is 33.4 Å². The van der Waals surface area contributed by atoms with E-state index < -0.39 is 0 Å². The number of nitrogens with one attached hydrogen (secondary N) is 2. The summed E-state index contributed by atoms with van der Waals surface area (Å²) in [6.45, 7) is 8.87. The van der Waals surface area contributed by atoms with Crippen molar-refractivity contribution >= 4 is 0 Å². The summed E-state index contributed by atoms with van der Waals surface area (Å²) >= 11 is 0. The second-order valence-corrected chi connectivity index (χ2v) is 4.36. The van der Waals surface area contributed by atoms with Gasteiger partial charge in [0.15, 0.2) is 0 Å². The molecule has 1 aromatic rings. The Morgan fingerprint density at radius 2 is 2.00 bits per heavy atom. The zero-order chi connectivity index (χ0) is 12.0. The van der Waals surface area contributed by atoms with Crippen LogP contribution in [0.1, 0.15) is 25.0 Å². The van der Waals surface area contributed by atoms with Crippen LogP contribution in [-0.2, 0) is 6.54 Å². The summed E-state index contributed by atoms with van der Waals surface area (Å²) in [7, 11) is 0. The van der Waals surface area contributed by atoms with Crippen molar-refractivity contribution in [1.82, 2.24) is 10.6 Å². The molecule has 0 aromatic heterocycles. The fourth-order valence-electron chi connectivity index (χ4n) is 1.53. The molecule has 0 atom stereocenters. The minimum Gasteiger partial charge on any atom is -0.313 e. The van der Waals surface area contributed by atoms with Crippen molar-refractivity contribution in [3.63, 3.8) is 0 Å². The smallest absolute Gasteiger partial charge is 0.123 e. The van der Waals surface area contributed by atoms with Gasteiger partial charge in [-0.1, -0.05) is 19.9 Å². The van der Waals surface area contributed by atoms with Crippen LogP contribution in [0.2, 0.25) is 0 Å². The van der Waals surface area contributed by atoms with Gasteiger partial charge in [-0.15, -0.1) is 0 Å². The summed E-state index contributed by atoms with van der Waals surface area (Å²) in [5.74, 6) is -0.164. The van der Waals surface area contributed by atoms with Gasteiger partial charge in [-0.2, -0.15) is 0 Å². The molecule has 2 N–H and O–H groups in total. The van der Waals surface area contributed by atoms with E-state index in [0.717, 1.165) is 30.8 Å². The van der Waals surface area contributed by atoms with Gasteiger partial charge in [0.05, 0.1) is 0 Å². The minimum atomic E-state index is -0.164. The first-order valence-electron chi connectivity index (χ1n) is 5.78. The molecule has 1 aromatic carbocycles. The Morgan fingerprint density at radius 3 is 2.62 bits per heavy atom. The summed E-state index contributed by atoms with van der Waals surface area (Å²) in [6, 6.07) is 5.45. The molecule has 0 heterocycles. The molecule has 0 aliphatic heterocycles. The topological polar surface area (TPSA) is 24.1 Å². The van der Waals surface area contributed by atoms with E-state index in [1.807, 2.05) is 13.0 Å². The van der Waals surface area contributed by atoms with Crippen LogP contribution in [0, 0.1) is 12.7 Å². The molecule has 0 aliphatic carbocycles. The lowest BCUT2D eigenvalue weighted by Crippen LogP contribution is -2.31. The third-order valence-electron chi connectivity index (χ3n) is 2.47. The molecule has 0 radical (unpaired) electrons. The monoisotopic (exact) mass is 224 g/mol. The van der Waals surface area contributed by atoms with E-state index in [2.05, 4.69) is 24.5 Å². The number of hydrogen-bond acceptors (Lipinski definition) is 2. The highest BCUT2D eigenvalue weighted by Crippen LogP contribution is 2.09. The van der Waals surface area contributed by atoms with Gasteiger partial charge in [0.1, 0.15) is 5.82 Å². The van der Waals surface area contributed by atoms with Crippen molar-refractivity contribution in [2.75, 3.05) is 13.1 Å². The predicted molar refractivity (Wildman–Crippen MR) is 66.0 cm³/mol. The van der Waals surface area contributed by atoms with Gasteiger partial charge in [-0.25, -0.2) is 4.39 Å². The summed E-state index contributed by atoms with van der Waals surface area (Å²) in [6.07, 6.45) is 0. The summed E-state index contributed by atoms with van der Waals surface area (Å²) in [5.41, 5.74) is 2.16. The summed E-state index contributed by atoms with van der Waals surface area (Å²) in [5, 5.41) is 6.67. The molecule has 0 unspecified atom stereocenters. The Bertz CT molecular complexity index is 324. The Kier molecular flexibility index (Phi) is 5.43. The molecule has 2 nitrogen and oxygen atoms in total. The third-order valence-corrected chi connectivity index (χ3v) is 2.47. The molecule has 0 fully saturated rings. The number of hydrogen-bond donors (Lipinski definition) is 2. The largest absolute Gasteiger partial charge is 0.313 e. The maximum atomic E-state index is 12.8. The molecule has 16 heavy (non-hydrogen) atoms. The number of aryl methyl sites for hydroxylation is 1. The number of rotatable bonds is 6. The second-order valence-electron chi connectivity index (χ2n) is 4.36. The van der Waals surface area contributed by atoms with Crippen molar-refractivity contribution < 1.29 is 4.39 Å². The molecule has 0 saturated carbocycles. The predicted octanol–water partition coefficient (Wildman–Crippen LogP) is 2.22. The van der Waals surface area contributed by atoms with E-state index in [1.54, 1.807) is 6.07 Å². The van der Waals surface area contributed by atoms with Crippen molar-refractivity contribution in [2.24, 2.45) is 0 Å². The normalized spacial score (nSPS) is 11.1. The molecule has 0 bridgehead atoms. The lowest BCUT2D eigenvalue weighted by Gasteiger charge is -2.10. The Hall–Kier alpha value is -0.930. The van der Waals surface area contributed by atoms with Crippen LogP contribution in [-0.4, -0.2) is 19.1 Å². The molecule has 3 heteroatoms. The van der Waals surface area contributed by atoms with Crippen LogP contribution in [0.4, 0.5) is 4.39 Å². The van der Waals surface area contributed by atoms with Crippen LogP contribution < -0.4 is 10.6 Å². The average molecular weight is 224 g/mol. The fourth-order valence-corrected chi connectivity index (χ4v) is 1.53. The minimum absolute atomic E-state index is 0.164. The Morgan fingerprint density at radius 1 is 1.25 bits per heavy atom. The van der Waals surface area contributed by atoms with Gasteiger partial charge in [-0.05, 0) is 30.2 Å². The van der Waals surface area contributed by atoms with E-state index in [0.29, 0.717) is 6.04 Å². The number of benzene rings is 1. The van der Waals surface area contributed by atoms with Crippen LogP contribution >= 0.6 is 0 Å². The van der Waals surface area contributed by atoms with Crippen LogP contribution in [0.15, 0.2) is 18.2 Å². The van der Waals surface area contributed by atoms with E-state index in [-0.39, 0.29) is 5.82 Å². The Balaban J connectivity index is 2.27. The molecule has 0 aliphatic rings. The zero-order valence-corrected chi connectivity index (χ0v) is 10.3. The SMILES string of the molecule is Cc1cc(F)ccc1CNCCNC(C)C. The quantitative estimate of drug-likeness (QED) is 0.724. The first-order valence-corrected chi connectivity index (χ1v) is 5.78. The first kappa shape index (κ1) is 13.1. The molecule has 1 rings (SSSR count). The van der Waals surface area contributed by atoms with Crippen molar-refractivity contribution in [3.8, 4) is 0 Å². The van der Waals surface area contributed by atoms with Crippen LogP contribution in [0.3, 0.4) is 0 Å². The molecular weight excluding hydrogens is 203 g/mol. The van der Waals surface area contributed by atoms with Gasteiger partial charge in [0, 0.05) is 25.7 Å². The fraction of sp³-hybridized carbons (Fsp3) is 0.538. The van der Waals surface area contributed by atoms with Crippen LogP contribution in [0.25, 0.3) is 0 Å². The van der Waals surface area contributed by atoms with Gasteiger partial charge in [-0.3, -0.25) is 0 Å². The second kappa shape index (κ2) is 6.61. The maximum Gasteiger partial charge on any atom is 0.123 e. The summed E-state index contributed by atoms with van der Waals surface area (Å²) < 4.78 is 12.8. The van der Waals surface area contributed by atoms with E-state index in [1.165, 1.54) is 6.07 Å². The van der Waals surface area contributed by atoms with Crippen molar-refractivity contribution in [3.05, 3.63) is 35.1 Å². The number of halogens is 1. The zero-order valence-electron chi connectivity index (χ0n) is 10.3. The molecule has 0 amide bonds. The van der Waals surface area contributed by atoms with Crippen LogP contribution in [0.5, 0.6) is 0 Å². The standard InChI is InChI=1S/C13H21FN2/c1-10(2)16-7-6-15-9-12-4-5-13(14)8-11(12)3/h4-5,8,10,15-16H,6-7,9H2,1-3H3. The van der Waals surface area contributed by atoms with E-state index >= 15 is 0 Å². The molecule has 90 valence electrons. The van der Waals surface area contributed by atoms with Crippen molar-refractivity contribution in [1.29, 1.82) is 0 Å². The molecule has 0 saturated heterocycles. The van der Waals surface area contributed by atoms with E-state index in [9.17, 15) is 4.39 Å².